The maximum Gasteiger partial charge on any atom is 0.306 e. The maximum absolute atomic E-state index is 11.0. The highest BCUT2D eigenvalue weighted by atomic mass is 16.4. The molecule has 0 radical (unpaired) electrons. The normalized spacial score (nSPS) is 21.1. The molecule has 0 amide bonds. The summed E-state index contributed by atoms with van der Waals surface area (Å²) >= 11 is 0. The van der Waals surface area contributed by atoms with Gasteiger partial charge in [0.15, 0.2) is 0 Å². The number of hydrogen-bond donors (Lipinski definition) is 1. The molecule has 0 atom stereocenters. The number of carbonyl (C=O) groups is 1. The molecule has 2 fully saturated rings. The minimum atomic E-state index is -0.701. The number of rotatable bonds is 3. The monoisotopic (exact) mass is 306 g/mol. The Morgan fingerprint density at radius 1 is 1.05 bits per heavy atom. The van der Waals surface area contributed by atoms with Crippen molar-refractivity contribution in [2.75, 3.05) is 56.1 Å². The van der Waals surface area contributed by atoms with Gasteiger partial charge in [0.1, 0.15) is 6.33 Å². The second-order valence-corrected chi connectivity index (χ2v) is 5.98. The van der Waals surface area contributed by atoms with Crippen LogP contribution in [0.2, 0.25) is 0 Å². The minimum absolute atomic E-state index is 0.241. The van der Waals surface area contributed by atoms with Crippen LogP contribution >= 0.6 is 0 Å². The topological polar surface area (TPSA) is 85.7 Å². The first-order chi connectivity index (χ1) is 10.6. The summed E-state index contributed by atoms with van der Waals surface area (Å²) < 4.78 is 0. The molecular formula is C14H22N6O2. The van der Waals surface area contributed by atoms with Crippen LogP contribution in [0.3, 0.4) is 0 Å². The van der Waals surface area contributed by atoms with Gasteiger partial charge >= 0.3 is 5.97 Å². The van der Waals surface area contributed by atoms with Gasteiger partial charge < -0.3 is 19.8 Å². The summed E-state index contributed by atoms with van der Waals surface area (Å²) in [4.78, 5) is 30.7. The van der Waals surface area contributed by atoms with Crippen molar-refractivity contribution < 1.29 is 9.90 Å². The number of carboxylic acids is 1. The first-order valence-electron chi connectivity index (χ1n) is 7.74. The van der Waals surface area contributed by atoms with Crippen molar-refractivity contribution in [2.45, 2.75) is 12.8 Å². The Morgan fingerprint density at radius 2 is 1.59 bits per heavy atom. The molecule has 8 nitrogen and oxygen atoms in total. The SMILES string of the molecule is CN1CCN(c2ncnc(N3CCC(C(=O)O)CC3)n2)CC1. The first-order valence-corrected chi connectivity index (χ1v) is 7.74. The van der Waals surface area contributed by atoms with Gasteiger partial charge in [-0.05, 0) is 19.9 Å². The third kappa shape index (κ3) is 3.27. The highest BCUT2D eigenvalue weighted by molar-refractivity contribution is 5.70. The lowest BCUT2D eigenvalue weighted by atomic mass is 9.97. The number of aromatic nitrogens is 3. The molecule has 120 valence electrons. The Morgan fingerprint density at radius 3 is 2.14 bits per heavy atom. The van der Waals surface area contributed by atoms with Crippen molar-refractivity contribution in [3.8, 4) is 0 Å². The first kappa shape index (κ1) is 15.0. The Hall–Kier alpha value is -1.96. The van der Waals surface area contributed by atoms with Crippen molar-refractivity contribution in [3.63, 3.8) is 0 Å². The fraction of sp³-hybridized carbons (Fsp3) is 0.714. The smallest absolute Gasteiger partial charge is 0.306 e. The van der Waals surface area contributed by atoms with E-state index in [2.05, 4.69) is 36.7 Å². The van der Waals surface area contributed by atoms with Gasteiger partial charge in [-0.2, -0.15) is 4.98 Å². The van der Waals surface area contributed by atoms with Gasteiger partial charge in [-0.15, -0.1) is 0 Å². The molecule has 0 aromatic carbocycles. The van der Waals surface area contributed by atoms with Gasteiger partial charge in [0.2, 0.25) is 11.9 Å². The molecular weight excluding hydrogens is 284 g/mol. The van der Waals surface area contributed by atoms with E-state index in [1.165, 1.54) is 0 Å². The third-order valence-electron chi connectivity index (χ3n) is 4.46. The Kier molecular flexibility index (Phi) is 4.37. The molecule has 0 bridgehead atoms. The van der Waals surface area contributed by atoms with Gasteiger partial charge in [0, 0.05) is 39.3 Å². The second-order valence-electron chi connectivity index (χ2n) is 5.98. The van der Waals surface area contributed by atoms with E-state index in [9.17, 15) is 4.79 Å². The number of hydrogen-bond acceptors (Lipinski definition) is 7. The molecule has 0 saturated carbocycles. The second kappa shape index (κ2) is 6.43. The predicted molar refractivity (Wildman–Crippen MR) is 82.1 cm³/mol. The fourth-order valence-electron chi connectivity index (χ4n) is 2.92. The predicted octanol–water partition coefficient (Wildman–Crippen LogP) is -0.0756. The van der Waals surface area contributed by atoms with Crippen LogP contribution in [0.1, 0.15) is 12.8 Å². The number of piperazine rings is 1. The van der Waals surface area contributed by atoms with Crippen LogP contribution in [0.25, 0.3) is 0 Å². The third-order valence-corrected chi connectivity index (χ3v) is 4.46. The zero-order valence-corrected chi connectivity index (χ0v) is 12.9. The van der Waals surface area contributed by atoms with Gasteiger partial charge in [0.05, 0.1) is 5.92 Å². The number of nitrogens with zero attached hydrogens (tertiary/aromatic N) is 6. The van der Waals surface area contributed by atoms with E-state index in [4.69, 9.17) is 5.11 Å². The Balaban J connectivity index is 1.66. The average molecular weight is 306 g/mol. The molecule has 0 aliphatic carbocycles. The Bertz CT molecular complexity index is 524. The minimum Gasteiger partial charge on any atom is -0.481 e. The highest BCUT2D eigenvalue weighted by Crippen LogP contribution is 2.21. The number of anilines is 2. The van der Waals surface area contributed by atoms with Crippen molar-refractivity contribution in [1.29, 1.82) is 0 Å². The molecule has 3 rings (SSSR count). The van der Waals surface area contributed by atoms with Crippen LogP contribution in [-0.2, 0) is 4.79 Å². The number of aliphatic carboxylic acids is 1. The zero-order chi connectivity index (χ0) is 15.5. The van der Waals surface area contributed by atoms with E-state index in [1.807, 2.05) is 0 Å². The molecule has 1 aromatic rings. The van der Waals surface area contributed by atoms with E-state index in [0.717, 1.165) is 32.1 Å². The van der Waals surface area contributed by atoms with Crippen LogP contribution in [-0.4, -0.2) is 77.2 Å². The molecule has 22 heavy (non-hydrogen) atoms. The lowest BCUT2D eigenvalue weighted by Crippen LogP contribution is -2.45. The number of carboxylic acid groups (broad SMARTS) is 1. The van der Waals surface area contributed by atoms with Gasteiger partial charge in [-0.3, -0.25) is 4.79 Å². The molecule has 0 spiro atoms. The van der Waals surface area contributed by atoms with E-state index >= 15 is 0 Å². The van der Waals surface area contributed by atoms with E-state index in [0.29, 0.717) is 31.9 Å². The molecule has 2 aliphatic heterocycles. The average Bonchev–Trinajstić information content (AvgIpc) is 2.56. The standard InChI is InChI=1S/C14H22N6O2/c1-18-6-8-20(9-7-18)14-16-10-15-13(17-14)19-4-2-11(3-5-19)12(21)22/h10-11H,2-9H2,1H3,(H,21,22). The van der Waals surface area contributed by atoms with Crippen molar-refractivity contribution in [1.82, 2.24) is 19.9 Å². The molecule has 1 aromatic heterocycles. The summed E-state index contributed by atoms with van der Waals surface area (Å²) in [5.74, 6) is 0.440. The van der Waals surface area contributed by atoms with E-state index in [-0.39, 0.29) is 5.92 Å². The number of likely N-dealkylation sites (N-methyl/N-ethyl adjacent to an activating group) is 1. The van der Waals surface area contributed by atoms with Crippen LogP contribution in [0.4, 0.5) is 11.9 Å². The maximum atomic E-state index is 11.0. The van der Waals surface area contributed by atoms with Crippen LogP contribution in [0, 0.1) is 5.92 Å². The molecule has 1 N–H and O–H groups in total. The molecule has 0 unspecified atom stereocenters. The summed E-state index contributed by atoms with van der Waals surface area (Å²) in [7, 11) is 2.11. The van der Waals surface area contributed by atoms with Crippen LogP contribution in [0.15, 0.2) is 6.33 Å². The summed E-state index contributed by atoms with van der Waals surface area (Å²) in [6, 6.07) is 0. The fourth-order valence-corrected chi connectivity index (χ4v) is 2.92. The van der Waals surface area contributed by atoms with E-state index < -0.39 is 5.97 Å². The van der Waals surface area contributed by atoms with Crippen molar-refractivity contribution in [2.24, 2.45) is 5.92 Å². The van der Waals surface area contributed by atoms with Crippen molar-refractivity contribution >= 4 is 17.9 Å². The summed E-state index contributed by atoms with van der Waals surface area (Å²) in [6.07, 6.45) is 2.84. The number of piperidine rings is 1. The largest absolute Gasteiger partial charge is 0.481 e. The van der Waals surface area contributed by atoms with Crippen LogP contribution < -0.4 is 9.80 Å². The van der Waals surface area contributed by atoms with E-state index in [1.54, 1.807) is 6.33 Å². The summed E-state index contributed by atoms with van der Waals surface area (Å²) in [5.41, 5.74) is 0. The molecule has 3 heterocycles. The molecule has 8 heteroatoms. The van der Waals surface area contributed by atoms with Crippen LogP contribution in [0.5, 0.6) is 0 Å². The molecule has 2 aliphatic rings. The highest BCUT2D eigenvalue weighted by Gasteiger charge is 2.26. The quantitative estimate of drug-likeness (QED) is 0.830. The summed E-state index contributed by atoms with van der Waals surface area (Å²) in [5, 5.41) is 9.06. The zero-order valence-electron chi connectivity index (χ0n) is 12.9. The Labute approximate surface area is 129 Å². The lowest BCUT2D eigenvalue weighted by molar-refractivity contribution is -0.142. The van der Waals surface area contributed by atoms with Gasteiger partial charge in [0.25, 0.3) is 0 Å². The lowest BCUT2D eigenvalue weighted by Gasteiger charge is -2.33. The van der Waals surface area contributed by atoms with Gasteiger partial charge in [-0.25, -0.2) is 9.97 Å². The van der Waals surface area contributed by atoms with Gasteiger partial charge in [-0.1, -0.05) is 0 Å². The van der Waals surface area contributed by atoms with Crippen molar-refractivity contribution in [3.05, 3.63) is 6.33 Å². The summed E-state index contributed by atoms with van der Waals surface area (Å²) in [6.45, 7) is 5.21. The molecule has 2 saturated heterocycles.